The lowest BCUT2D eigenvalue weighted by atomic mass is 10.1. The second-order valence-electron chi connectivity index (χ2n) is 4.35. The molecule has 0 spiro atoms. The van der Waals surface area contributed by atoms with Crippen LogP contribution in [0.4, 0.5) is 0 Å². The highest BCUT2D eigenvalue weighted by atomic mass is 32.2. The van der Waals surface area contributed by atoms with Gasteiger partial charge in [0, 0.05) is 24.7 Å². The molecule has 1 N–H and O–H groups in total. The molecule has 0 saturated heterocycles. The largest absolute Gasteiger partial charge is 0.358 e. The molecule has 5 heteroatoms. The molecule has 1 aliphatic heterocycles. The third-order valence-electron chi connectivity index (χ3n) is 2.74. The standard InChI is InChI=1S/C11H18N4S/c1-8(2)9-6-13-11(16-9)14-7-10-12-4-5-15(10)3/h4-5,8-9H,6-7H2,1-3H3,(H,13,14). The fourth-order valence-electron chi connectivity index (χ4n) is 1.56. The molecule has 16 heavy (non-hydrogen) atoms. The molecular weight excluding hydrogens is 220 g/mol. The molecule has 1 aromatic rings. The van der Waals surface area contributed by atoms with Gasteiger partial charge in [-0.2, -0.15) is 0 Å². The molecule has 1 aromatic heterocycles. The number of hydrogen-bond donors (Lipinski definition) is 1. The van der Waals surface area contributed by atoms with E-state index in [0.717, 1.165) is 24.1 Å². The Kier molecular flexibility index (Phi) is 3.53. The van der Waals surface area contributed by atoms with Crippen LogP contribution >= 0.6 is 11.8 Å². The van der Waals surface area contributed by atoms with Crippen LogP contribution in [0.1, 0.15) is 19.7 Å². The van der Waals surface area contributed by atoms with Gasteiger partial charge in [-0.1, -0.05) is 25.6 Å². The molecule has 88 valence electrons. The van der Waals surface area contributed by atoms with Crippen LogP contribution in [-0.2, 0) is 13.6 Å². The number of nitrogens with one attached hydrogen (secondary N) is 1. The Hall–Kier alpha value is -0.970. The Bertz CT molecular complexity index is 383. The Balaban J connectivity index is 1.82. The molecule has 0 aromatic carbocycles. The van der Waals surface area contributed by atoms with Crippen molar-refractivity contribution >= 4 is 16.9 Å². The lowest BCUT2D eigenvalue weighted by Crippen LogP contribution is -2.21. The Morgan fingerprint density at radius 2 is 2.44 bits per heavy atom. The van der Waals surface area contributed by atoms with E-state index >= 15 is 0 Å². The van der Waals surface area contributed by atoms with Gasteiger partial charge in [0.15, 0.2) is 5.17 Å². The van der Waals surface area contributed by atoms with E-state index in [1.165, 1.54) is 0 Å². The summed E-state index contributed by atoms with van der Waals surface area (Å²) in [7, 11) is 2.00. The minimum Gasteiger partial charge on any atom is -0.358 e. The first kappa shape index (κ1) is 11.5. The van der Waals surface area contributed by atoms with E-state index < -0.39 is 0 Å². The number of amidine groups is 1. The van der Waals surface area contributed by atoms with Crippen LogP contribution in [0.5, 0.6) is 0 Å². The van der Waals surface area contributed by atoms with Gasteiger partial charge in [-0.05, 0) is 5.92 Å². The zero-order chi connectivity index (χ0) is 11.5. The van der Waals surface area contributed by atoms with E-state index in [1.54, 1.807) is 0 Å². The summed E-state index contributed by atoms with van der Waals surface area (Å²) in [6.07, 6.45) is 3.77. The molecule has 0 fully saturated rings. The van der Waals surface area contributed by atoms with E-state index in [0.29, 0.717) is 11.2 Å². The van der Waals surface area contributed by atoms with Gasteiger partial charge >= 0.3 is 0 Å². The quantitative estimate of drug-likeness (QED) is 0.870. The van der Waals surface area contributed by atoms with Crippen LogP contribution in [0.25, 0.3) is 0 Å². The summed E-state index contributed by atoms with van der Waals surface area (Å²) in [5.41, 5.74) is 0. The van der Waals surface area contributed by atoms with Gasteiger partial charge in [-0.15, -0.1) is 0 Å². The highest BCUT2D eigenvalue weighted by Gasteiger charge is 2.22. The average molecular weight is 238 g/mol. The van der Waals surface area contributed by atoms with E-state index in [1.807, 2.05) is 35.8 Å². The summed E-state index contributed by atoms with van der Waals surface area (Å²) in [5, 5.41) is 5.03. The molecule has 0 radical (unpaired) electrons. The zero-order valence-corrected chi connectivity index (χ0v) is 10.8. The van der Waals surface area contributed by atoms with Crippen LogP contribution in [0, 0.1) is 5.92 Å². The third kappa shape index (κ3) is 2.58. The molecule has 4 nitrogen and oxygen atoms in total. The predicted molar refractivity (Wildman–Crippen MR) is 68.6 cm³/mol. The number of nitrogens with zero attached hydrogens (tertiary/aromatic N) is 3. The number of imidazole rings is 1. The van der Waals surface area contributed by atoms with Crippen LogP contribution in [0.15, 0.2) is 17.4 Å². The molecule has 0 aliphatic carbocycles. The minimum atomic E-state index is 0.629. The summed E-state index contributed by atoms with van der Waals surface area (Å²) < 4.78 is 2.02. The van der Waals surface area contributed by atoms with Crippen molar-refractivity contribution < 1.29 is 0 Å². The number of hydrogen-bond acceptors (Lipinski definition) is 4. The van der Waals surface area contributed by atoms with Crippen LogP contribution in [0.2, 0.25) is 0 Å². The van der Waals surface area contributed by atoms with E-state index in [4.69, 9.17) is 0 Å². The Morgan fingerprint density at radius 3 is 3.00 bits per heavy atom. The van der Waals surface area contributed by atoms with E-state index in [9.17, 15) is 0 Å². The van der Waals surface area contributed by atoms with Gasteiger partial charge in [0.25, 0.3) is 0 Å². The summed E-state index contributed by atoms with van der Waals surface area (Å²) in [4.78, 5) is 8.77. The van der Waals surface area contributed by atoms with Crippen molar-refractivity contribution in [1.29, 1.82) is 0 Å². The van der Waals surface area contributed by atoms with Crippen molar-refractivity contribution in [1.82, 2.24) is 14.9 Å². The monoisotopic (exact) mass is 238 g/mol. The van der Waals surface area contributed by atoms with E-state index in [-0.39, 0.29) is 0 Å². The summed E-state index contributed by atoms with van der Waals surface area (Å²) in [5.74, 6) is 1.72. The first-order valence-corrected chi connectivity index (χ1v) is 6.46. The predicted octanol–water partition coefficient (Wildman–Crippen LogP) is 1.64. The van der Waals surface area contributed by atoms with E-state index in [2.05, 4.69) is 29.1 Å². The topological polar surface area (TPSA) is 42.2 Å². The van der Waals surface area contributed by atoms with Crippen molar-refractivity contribution in [3.63, 3.8) is 0 Å². The fourth-order valence-corrected chi connectivity index (χ4v) is 2.57. The van der Waals surface area contributed by atoms with Crippen LogP contribution in [0.3, 0.4) is 0 Å². The average Bonchev–Trinajstić information content (AvgIpc) is 2.83. The van der Waals surface area contributed by atoms with Gasteiger partial charge in [-0.3, -0.25) is 4.99 Å². The number of aromatic nitrogens is 2. The smallest absolute Gasteiger partial charge is 0.157 e. The minimum absolute atomic E-state index is 0.629. The molecule has 1 atom stereocenters. The Labute approximate surface area is 101 Å². The summed E-state index contributed by atoms with van der Waals surface area (Å²) >= 11 is 1.85. The lowest BCUT2D eigenvalue weighted by Gasteiger charge is -2.12. The SMILES string of the molecule is CC(C)C1CN=C(NCc2nccn2C)S1. The van der Waals surface area contributed by atoms with Gasteiger partial charge in [0.1, 0.15) is 5.82 Å². The molecule has 2 heterocycles. The molecule has 1 aliphatic rings. The number of thioether (sulfide) groups is 1. The van der Waals surface area contributed by atoms with Crippen molar-refractivity contribution in [2.45, 2.75) is 25.6 Å². The molecule has 2 rings (SSSR count). The normalized spacial score (nSPS) is 20.2. The fraction of sp³-hybridized carbons (Fsp3) is 0.636. The maximum Gasteiger partial charge on any atom is 0.157 e. The highest BCUT2D eigenvalue weighted by molar-refractivity contribution is 8.14. The number of aliphatic imine (C=N–C) groups is 1. The third-order valence-corrected chi connectivity index (χ3v) is 4.23. The Morgan fingerprint density at radius 1 is 1.62 bits per heavy atom. The van der Waals surface area contributed by atoms with Crippen molar-refractivity contribution in [2.24, 2.45) is 18.0 Å². The second-order valence-corrected chi connectivity index (χ2v) is 5.58. The first-order chi connectivity index (χ1) is 7.66. The molecule has 0 amide bonds. The van der Waals surface area contributed by atoms with Gasteiger partial charge in [0.2, 0.25) is 0 Å². The number of aryl methyl sites for hydroxylation is 1. The van der Waals surface area contributed by atoms with Crippen LogP contribution in [-0.4, -0.2) is 26.5 Å². The van der Waals surface area contributed by atoms with Crippen molar-refractivity contribution in [2.75, 3.05) is 6.54 Å². The van der Waals surface area contributed by atoms with Crippen molar-refractivity contribution in [3.05, 3.63) is 18.2 Å². The molecule has 0 bridgehead atoms. The van der Waals surface area contributed by atoms with Crippen LogP contribution < -0.4 is 5.32 Å². The van der Waals surface area contributed by atoms with Gasteiger partial charge in [-0.25, -0.2) is 4.98 Å². The maximum atomic E-state index is 4.50. The zero-order valence-electron chi connectivity index (χ0n) is 9.97. The maximum absolute atomic E-state index is 4.50. The molecule has 1 unspecified atom stereocenters. The molecular formula is C11H18N4S. The highest BCUT2D eigenvalue weighted by Crippen LogP contribution is 2.25. The second kappa shape index (κ2) is 4.91. The molecule has 0 saturated carbocycles. The summed E-state index contributed by atoms with van der Waals surface area (Å²) in [6.45, 7) is 6.18. The number of rotatable bonds is 3. The lowest BCUT2D eigenvalue weighted by molar-refractivity contribution is 0.621. The van der Waals surface area contributed by atoms with Gasteiger partial charge in [0.05, 0.1) is 13.1 Å². The summed E-state index contributed by atoms with van der Waals surface area (Å²) in [6, 6.07) is 0. The van der Waals surface area contributed by atoms with Gasteiger partial charge < -0.3 is 9.88 Å². The van der Waals surface area contributed by atoms with Crippen molar-refractivity contribution in [3.8, 4) is 0 Å². The first-order valence-electron chi connectivity index (χ1n) is 5.58.